The number of carbonyl (C=O) groups is 10. The summed E-state index contributed by atoms with van der Waals surface area (Å²) in [5.74, 6) is -7.64. The number of alkyl carbamates (subject to hydrolysis) is 1. The lowest BCUT2D eigenvalue weighted by Crippen LogP contribution is -2.60. The van der Waals surface area contributed by atoms with Gasteiger partial charge in [-0.05, 0) is 93.7 Å². The van der Waals surface area contributed by atoms with Crippen molar-refractivity contribution in [3.63, 3.8) is 0 Å². The van der Waals surface area contributed by atoms with Crippen LogP contribution in [0.4, 0.5) is 4.79 Å². The van der Waals surface area contributed by atoms with E-state index in [2.05, 4.69) is 72.5 Å². The van der Waals surface area contributed by atoms with Gasteiger partial charge < -0.3 is 101 Å². The van der Waals surface area contributed by atoms with Crippen LogP contribution in [-0.2, 0) is 78.5 Å². The van der Waals surface area contributed by atoms with Crippen molar-refractivity contribution in [3.8, 4) is 0 Å². The van der Waals surface area contributed by atoms with Crippen molar-refractivity contribution in [2.75, 3.05) is 33.3 Å². The van der Waals surface area contributed by atoms with Crippen LogP contribution in [0, 0.1) is 11.8 Å². The zero-order valence-corrected chi connectivity index (χ0v) is 57.6. The molecule has 33 heteroatoms. The molecule has 1 saturated heterocycles. The number of esters is 1. The van der Waals surface area contributed by atoms with E-state index in [-0.39, 0.29) is 108 Å². The van der Waals surface area contributed by atoms with Gasteiger partial charge in [0, 0.05) is 62.7 Å². The van der Waals surface area contributed by atoms with E-state index in [1.54, 1.807) is 74.5 Å². The number of carbonyl (C=O) groups excluding carboxylic acids is 10. The largest absolute Gasteiger partial charge is 0.467 e. The fraction of sp³-hybridized carbons (Fsp3) is 0.552. The number of aromatic amines is 2. The number of aliphatic hydroxyl groups excluding tert-OH is 1. The molecular weight excluding hydrogens is 1290 g/mol. The predicted octanol–water partition coefficient (Wildman–Crippen LogP) is -0.907. The number of aromatic nitrogens is 4. The minimum Gasteiger partial charge on any atom is -0.467 e. The van der Waals surface area contributed by atoms with Crippen molar-refractivity contribution in [1.82, 2.24) is 67.4 Å². The van der Waals surface area contributed by atoms with Crippen molar-refractivity contribution in [3.05, 3.63) is 108 Å². The van der Waals surface area contributed by atoms with Crippen LogP contribution in [0.25, 0.3) is 0 Å². The highest BCUT2D eigenvalue weighted by Gasteiger charge is 2.41. The maximum Gasteiger partial charge on any atom is 0.408 e. The topological polar surface area (TPSA) is 521 Å². The summed E-state index contributed by atoms with van der Waals surface area (Å²) in [6.07, 6.45) is 5.08. The summed E-state index contributed by atoms with van der Waals surface area (Å²) in [6.45, 7) is 7.74. The zero-order chi connectivity index (χ0) is 73.1. The molecule has 0 radical (unpaired) electrons. The normalized spacial score (nSPS) is 15.6. The van der Waals surface area contributed by atoms with Gasteiger partial charge in [0.05, 0.1) is 38.3 Å². The number of aliphatic hydroxyl groups is 1. The lowest BCUT2D eigenvalue weighted by Gasteiger charge is -2.31. The van der Waals surface area contributed by atoms with Crippen LogP contribution in [0.5, 0.6) is 0 Å². The van der Waals surface area contributed by atoms with Crippen LogP contribution in [0.1, 0.15) is 127 Å². The molecular formula is C67H102N20O13. The summed E-state index contributed by atoms with van der Waals surface area (Å²) < 4.78 is 10.4. The molecule has 0 unspecified atom stereocenters. The van der Waals surface area contributed by atoms with E-state index < -0.39 is 132 Å². The molecule has 1 aliphatic heterocycles. The SMILES string of the molecule is CC[C@H](C)[C@H](NC(=O)C[C@H](O)[C@H](CC(C)C)NC(=O)[C@H](Cc1cnc[nH]1)NC(=O)[C@H](Cc1ccccc1)NC(=O)[C@@H]1CCCN1C(=O)[C@H](CCCN=C(N)N)NC(=O)[C@H](CCCN=C(N)N)NC(=O)OCc1ccccc1)C(=O)N[C@@H](Cc1cnc[nH]1)C(=O)N[C@@H](CCCCN)C(=O)OC. The number of rotatable bonds is 43. The number of H-pyrrole nitrogens is 2. The van der Waals surface area contributed by atoms with E-state index in [1.165, 1.54) is 37.1 Å². The fourth-order valence-corrected chi connectivity index (χ4v) is 11.3. The summed E-state index contributed by atoms with van der Waals surface area (Å²) in [4.78, 5) is 165. The number of ether oxygens (including phenoxy) is 2. The molecule has 3 heterocycles. The Kier molecular flexibility index (Phi) is 34.3. The number of methoxy groups -OCH3 is 1. The second kappa shape index (κ2) is 42.6. The molecule has 9 amide bonds. The van der Waals surface area contributed by atoms with E-state index in [9.17, 15) is 53.1 Å². The molecule has 0 saturated carbocycles. The van der Waals surface area contributed by atoms with E-state index in [1.807, 2.05) is 13.8 Å². The molecule has 548 valence electrons. The van der Waals surface area contributed by atoms with Gasteiger partial charge in [0.1, 0.15) is 54.9 Å². The number of unbranched alkanes of at least 4 members (excludes halogenated alkanes) is 1. The zero-order valence-electron chi connectivity index (χ0n) is 57.6. The highest BCUT2D eigenvalue weighted by molar-refractivity contribution is 5.97. The maximum atomic E-state index is 14.9. The Morgan fingerprint density at radius 1 is 0.630 bits per heavy atom. The van der Waals surface area contributed by atoms with Gasteiger partial charge in [-0.15, -0.1) is 0 Å². The van der Waals surface area contributed by atoms with Crippen LogP contribution >= 0.6 is 0 Å². The average Bonchev–Trinajstić information content (AvgIpc) is 1.59. The number of hydrogen-bond acceptors (Lipinski definition) is 18. The summed E-state index contributed by atoms with van der Waals surface area (Å²) >= 11 is 0. The Morgan fingerprint density at radius 3 is 1.69 bits per heavy atom. The summed E-state index contributed by atoms with van der Waals surface area (Å²) in [6, 6.07) is 6.50. The first-order valence-electron chi connectivity index (χ1n) is 33.8. The van der Waals surface area contributed by atoms with Gasteiger partial charge in [-0.1, -0.05) is 94.8 Å². The standard InChI is InChI=1S/C67H102N20O13/c1-6-41(4)56(62(95)84-52(33-45-36-74-39-78-45)59(92)80-48(64(97)99-5)22-13-14-26-68)86-55(89)34-54(88)49(30-40(2)3)81-60(93)51(32-44-35-73-38-77-44)82-58(91)50(31-42-18-9-7-10-19-42)83-61(94)53-25-17-29-87(53)63(96)47(24-16-28-76-66(71)72)79-57(90)46(23-15-27-75-65(69)70)85-67(98)100-37-43-20-11-8-12-21-43/h7-12,18-21,35-36,38-41,46-54,56,88H,6,13-17,22-34,37,68H2,1-5H3,(H,73,77)(H,74,78)(H,79,90)(H,80,92)(H,81,93)(H,82,91)(H,83,94)(H,84,95)(H,85,98)(H,86,89)(H4,69,70,75)(H4,71,72,76)/t41-,46-,47-,48-,49-,50-,51-,52-,53-,54-,56-/m0/s1. The maximum absolute atomic E-state index is 14.9. The van der Waals surface area contributed by atoms with Crippen molar-refractivity contribution in [1.29, 1.82) is 0 Å². The van der Waals surface area contributed by atoms with Crippen molar-refractivity contribution < 1.29 is 62.5 Å². The third-order valence-electron chi connectivity index (χ3n) is 16.8. The van der Waals surface area contributed by atoms with E-state index in [0.717, 1.165) is 0 Å². The molecule has 100 heavy (non-hydrogen) atoms. The van der Waals surface area contributed by atoms with Gasteiger partial charge in [-0.2, -0.15) is 0 Å². The first-order valence-corrected chi connectivity index (χ1v) is 33.8. The Morgan fingerprint density at radius 2 is 1.15 bits per heavy atom. The minimum absolute atomic E-state index is 0.0129. The molecule has 0 aliphatic carbocycles. The Hall–Kier alpha value is -10.2. The van der Waals surface area contributed by atoms with Gasteiger partial charge in [0.2, 0.25) is 47.3 Å². The second-order valence-electron chi connectivity index (χ2n) is 25.2. The quantitative estimate of drug-likeness (QED) is 0.0110. The van der Waals surface area contributed by atoms with Crippen molar-refractivity contribution >= 4 is 71.2 Å². The fourth-order valence-electron chi connectivity index (χ4n) is 11.3. The number of benzene rings is 2. The van der Waals surface area contributed by atoms with Gasteiger partial charge in [-0.25, -0.2) is 19.6 Å². The Balaban J connectivity index is 1.35. The molecule has 33 nitrogen and oxygen atoms in total. The number of hydrogen-bond donors (Lipinski definition) is 16. The number of nitrogens with two attached hydrogens (primary N) is 5. The third kappa shape index (κ3) is 28.0. The number of guanidine groups is 2. The first-order chi connectivity index (χ1) is 47.9. The summed E-state index contributed by atoms with van der Waals surface area (Å²) in [7, 11) is 1.19. The molecule has 21 N–H and O–H groups in total. The monoisotopic (exact) mass is 1390 g/mol. The van der Waals surface area contributed by atoms with Crippen molar-refractivity contribution in [2.45, 2.75) is 191 Å². The lowest BCUT2D eigenvalue weighted by atomic mass is 9.95. The van der Waals surface area contributed by atoms with Crippen LogP contribution in [-0.4, -0.2) is 195 Å². The number of amides is 9. The number of aliphatic imine (C=N–C) groups is 2. The Labute approximate surface area is 582 Å². The first kappa shape index (κ1) is 80.5. The molecule has 1 aliphatic rings. The predicted molar refractivity (Wildman–Crippen MR) is 371 cm³/mol. The molecule has 0 bridgehead atoms. The average molecular weight is 1400 g/mol. The second-order valence-corrected chi connectivity index (χ2v) is 25.2. The lowest BCUT2D eigenvalue weighted by molar-refractivity contribution is -0.145. The van der Waals surface area contributed by atoms with Gasteiger partial charge in [0.25, 0.3) is 0 Å². The van der Waals surface area contributed by atoms with Gasteiger partial charge >= 0.3 is 12.1 Å². The number of likely N-dealkylation sites (tertiary alicyclic amines) is 1. The third-order valence-corrected chi connectivity index (χ3v) is 16.8. The minimum atomic E-state index is -1.56. The van der Waals surface area contributed by atoms with Crippen LogP contribution < -0.4 is 71.2 Å². The Bertz CT molecular complexity index is 3280. The molecule has 0 spiro atoms. The molecule has 4 aromatic rings. The summed E-state index contributed by atoms with van der Waals surface area (Å²) in [5, 5.41) is 34.0. The van der Waals surface area contributed by atoms with Crippen LogP contribution in [0.3, 0.4) is 0 Å². The summed E-state index contributed by atoms with van der Waals surface area (Å²) in [5.41, 5.74) is 30.2. The van der Waals surface area contributed by atoms with Crippen LogP contribution in [0.2, 0.25) is 0 Å². The van der Waals surface area contributed by atoms with E-state index in [0.29, 0.717) is 54.7 Å². The van der Waals surface area contributed by atoms with Crippen LogP contribution in [0.15, 0.2) is 95.7 Å². The smallest absolute Gasteiger partial charge is 0.408 e. The number of nitrogens with zero attached hydrogens (tertiary/aromatic N) is 5. The van der Waals surface area contributed by atoms with E-state index >= 15 is 0 Å². The molecule has 1 fully saturated rings. The number of nitrogens with one attached hydrogen (secondary N) is 10. The highest BCUT2D eigenvalue weighted by Crippen LogP contribution is 2.22. The van der Waals surface area contributed by atoms with Gasteiger partial charge in [-0.3, -0.25) is 48.3 Å². The molecule has 5 rings (SSSR count). The number of imidazole rings is 2. The van der Waals surface area contributed by atoms with E-state index in [4.69, 9.17) is 38.1 Å². The molecule has 11 atom stereocenters. The molecule has 2 aromatic carbocycles. The molecule has 2 aromatic heterocycles. The van der Waals surface area contributed by atoms with Crippen molar-refractivity contribution in [2.24, 2.45) is 50.5 Å². The highest BCUT2D eigenvalue weighted by atomic mass is 16.5. The van der Waals surface area contributed by atoms with Gasteiger partial charge in [0.15, 0.2) is 11.9 Å².